The minimum Gasteiger partial charge on any atom is -0.457 e. The molecule has 0 spiro atoms. The van der Waals surface area contributed by atoms with Gasteiger partial charge in [-0.05, 0) is 61.4 Å². The first-order valence-electron chi connectivity index (χ1n) is 11.7. The van der Waals surface area contributed by atoms with Crippen LogP contribution >= 0.6 is 11.6 Å². The molecule has 0 aliphatic heterocycles. The minimum absolute atomic E-state index is 0.0515. The van der Waals surface area contributed by atoms with E-state index in [1.54, 1.807) is 81.6 Å². The lowest BCUT2D eigenvalue weighted by Gasteiger charge is -2.23. The molecular weight excluding hydrogens is 452 g/mol. The number of nitrogens with one attached hydrogen (secondary N) is 2. The predicted octanol–water partition coefficient (Wildman–Crippen LogP) is 6.60. The van der Waals surface area contributed by atoms with Gasteiger partial charge in [0.25, 0.3) is 0 Å². The van der Waals surface area contributed by atoms with Gasteiger partial charge in [-0.1, -0.05) is 43.7 Å². The zero-order chi connectivity index (χ0) is 24.9. The molecule has 2 aromatic rings. The van der Waals surface area contributed by atoms with Gasteiger partial charge in [0.15, 0.2) is 0 Å². The highest BCUT2D eigenvalue weighted by Gasteiger charge is 2.14. The summed E-state index contributed by atoms with van der Waals surface area (Å²) >= 11 is 5.81. The Hall–Kier alpha value is -2.93. The minimum atomic E-state index is -0.170. The molecule has 1 fully saturated rings. The number of anilines is 1. The molecule has 0 saturated heterocycles. The first-order valence-corrected chi connectivity index (χ1v) is 12.1. The van der Waals surface area contributed by atoms with Gasteiger partial charge < -0.3 is 25.2 Å². The average Bonchev–Trinajstić information content (AvgIpc) is 2.78. The molecule has 0 atom stereocenters. The molecule has 34 heavy (non-hydrogen) atoms. The van der Waals surface area contributed by atoms with E-state index in [0.717, 1.165) is 12.8 Å². The SMILES string of the molecule is CN(C)C(=O)NC1CCCCCCC1.CN(C)C(=O)Nc1ccc(Oc2ccc(Cl)cc2)cc1. The average molecular weight is 489 g/mol. The van der Waals surface area contributed by atoms with E-state index in [-0.39, 0.29) is 12.1 Å². The molecule has 3 rings (SSSR count). The largest absolute Gasteiger partial charge is 0.457 e. The van der Waals surface area contributed by atoms with Gasteiger partial charge in [0.1, 0.15) is 11.5 Å². The highest BCUT2D eigenvalue weighted by molar-refractivity contribution is 6.30. The summed E-state index contributed by atoms with van der Waals surface area (Å²) in [5, 5.41) is 6.49. The second kappa shape index (κ2) is 14.4. The van der Waals surface area contributed by atoms with Crippen molar-refractivity contribution in [2.75, 3.05) is 33.5 Å². The molecular formula is C26H37ClN4O3. The lowest BCUT2D eigenvalue weighted by molar-refractivity contribution is 0.210. The van der Waals surface area contributed by atoms with E-state index in [1.807, 2.05) is 0 Å². The molecule has 186 valence electrons. The second-order valence-electron chi connectivity index (χ2n) is 8.79. The maximum atomic E-state index is 11.5. The van der Waals surface area contributed by atoms with Crippen molar-refractivity contribution >= 4 is 29.4 Å². The number of halogens is 1. The monoisotopic (exact) mass is 488 g/mol. The Kier molecular flexibility index (Phi) is 11.5. The molecule has 0 radical (unpaired) electrons. The fourth-order valence-electron chi connectivity index (χ4n) is 3.38. The Morgan fingerprint density at radius 1 is 0.765 bits per heavy atom. The predicted molar refractivity (Wildman–Crippen MR) is 139 cm³/mol. The first-order chi connectivity index (χ1) is 16.2. The number of nitrogens with zero attached hydrogens (tertiary/aromatic N) is 2. The van der Waals surface area contributed by atoms with Crippen molar-refractivity contribution in [1.29, 1.82) is 0 Å². The summed E-state index contributed by atoms with van der Waals surface area (Å²) in [4.78, 5) is 26.0. The van der Waals surface area contributed by atoms with Crippen LogP contribution in [0.2, 0.25) is 5.02 Å². The summed E-state index contributed by atoms with van der Waals surface area (Å²) in [6, 6.07) is 14.6. The topological polar surface area (TPSA) is 73.9 Å². The van der Waals surface area contributed by atoms with Gasteiger partial charge in [-0.2, -0.15) is 0 Å². The van der Waals surface area contributed by atoms with Crippen molar-refractivity contribution < 1.29 is 14.3 Å². The van der Waals surface area contributed by atoms with Gasteiger partial charge in [-0.3, -0.25) is 0 Å². The second-order valence-corrected chi connectivity index (χ2v) is 9.23. The highest BCUT2D eigenvalue weighted by atomic mass is 35.5. The maximum absolute atomic E-state index is 11.5. The van der Waals surface area contributed by atoms with Crippen molar-refractivity contribution in [2.24, 2.45) is 0 Å². The summed E-state index contributed by atoms with van der Waals surface area (Å²) in [6.07, 6.45) is 8.85. The lowest BCUT2D eigenvalue weighted by Crippen LogP contribution is -2.41. The smallest absolute Gasteiger partial charge is 0.321 e. The van der Waals surface area contributed by atoms with Gasteiger partial charge in [0, 0.05) is 44.9 Å². The summed E-state index contributed by atoms with van der Waals surface area (Å²) in [5.74, 6) is 1.40. The van der Waals surface area contributed by atoms with E-state index in [9.17, 15) is 9.59 Å². The van der Waals surface area contributed by atoms with Crippen molar-refractivity contribution in [3.8, 4) is 11.5 Å². The summed E-state index contributed by atoms with van der Waals surface area (Å²) in [7, 11) is 6.96. The van der Waals surface area contributed by atoms with Crippen LogP contribution in [0.25, 0.3) is 0 Å². The Morgan fingerprint density at radius 2 is 1.24 bits per heavy atom. The summed E-state index contributed by atoms with van der Waals surface area (Å²) < 4.78 is 5.66. The van der Waals surface area contributed by atoms with Gasteiger partial charge in [0.2, 0.25) is 0 Å². The van der Waals surface area contributed by atoms with Crippen LogP contribution in [-0.2, 0) is 0 Å². The fourth-order valence-corrected chi connectivity index (χ4v) is 3.51. The number of hydrogen-bond acceptors (Lipinski definition) is 3. The number of carbonyl (C=O) groups excluding carboxylic acids is 2. The van der Waals surface area contributed by atoms with Crippen molar-refractivity contribution in [2.45, 2.75) is 51.0 Å². The third kappa shape index (κ3) is 10.3. The molecule has 0 bridgehead atoms. The maximum Gasteiger partial charge on any atom is 0.321 e. The zero-order valence-corrected chi connectivity index (χ0v) is 21.4. The normalized spacial score (nSPS) is 13.9. The summed E-state index contributed by atoms with van der Waals surface area (Å²) in [6.45, 7) is 0. The van der Waals surface area contributed by atoms with Crippen LogP contribution in [0.15, 0.2) is 48.5 Å². The number of urea groups is 2. The quantitative estimate of drug-likeness (QED) is 0.509. The number of rotatable bonds is 4. The van der Waals surface area contributed by atoms with Crippen LogP contribution in [0, 0.1) is 0 Å². The van der Waals surface area contributed by atoms with Crippen LogP contribution in [0.3, 0.4) is 0 Å². The fraction of sp³-hybridized carbons (Fsp3) is 0.462. The van der Waals surface area contributed by atoms with E-state index in [1.165, 1.54) is 37.0 Å². The molecule has 1 aliphatic carbocycles. The Balaban J connectivity index is 0.000000257. The van der Waals surface area contributed by atoms with Crippen LogP contribution in [0.5, 0.6) is 11.5 Å². The molecule has 7 nitrogen and oxygen atoms in total. The number of carbonyl (C=O) groups is 2. The van der Waals surface area contributed by atoms with Crippen LogP contribution in [-0.4, -0.2) is 56.1 Å². The molecule has 0 heterocycles. The zero-order valence-electron chi connectivity index (χ0n) is 20.6. The molecule has 1 saturated carbocycles. The van der Waals surface area contributed by atoms with Crippen molar-refractivity contribution in [3.63, 3.8) is 0 Å². The molecule has 0 unspecified atom stereocenters. The molecule has 2 N–H and O–H groups in total. The molecule has 1 aliphatic rings. The Labute approximate surface area is 208 Å². The third-order valence-electron chi connectivity index (χ3n) is 5.40. The molecule has 8 heteroatoms. The molecule has 0 aromatic heterocycles. The van der Waals surface area contributed by atoms with Crippen molar-refractivity contribution in [3.05, 3.63) is 53.6 Å². The van der Waals surface area contributed by atoms with Gasteiger partial charge in [0.05, 0.1) is 0 Å². The van der Waals surface area contributed by atoms with E-state index >= 15 is 0 Å². The van der Waals surface area contributed by atoms with E-state index in [4.69, 9.17) is 16.3 Å². The number of ether oxygens (including phenoxy) is 1. The van der Waals surface area contributed by atoms with Gasteiger partial charge in [-0.15, -0.1) is 0 Å². The molecule has 2 aromatic carbocycles. The summed E-state index contributed by atoms with van der Waals surface area (Å²) in [5.41, 5.74) is 0.715. The Morgan fingerprint density at radius 3 is 1.74 bits per heavy atom. The highest BCUT2D eigenvalue weighted by Crippen LogP contribution is 2.24. The van der Waals surface area contributed by atoms with Crippen molar-refractivity contribution in [1.82, 2.24) is 15.1 Å². The number of hydrogen-bond donors (Lipinski definition) is 2. The van der Waals surface area contributed by atoms with Gasteiger partial charge in [-0.25, -0.2) is 9.59 Å². The van der Waals surface area contributed by atoms with E-state index in [2.05, 4.69) is 10.6 Å². The molecule has 4 amide bonds. The van der Waals surface area contributed by atoms with Gasteiger partial charge >= 0.3 is 12.1 Å². The van der Waals surface area contributed by atoms with E-state index in [0.29, 0.717) is 28.3 Å². The van der Waals surface area contributed by atoms with E-state index < -0.39 is 0 Å². The lowest BCUT2D eigenvalue weighted by atomic mass is 9.97. The number of amides is 4. The van der Waals surface area contributed by atoms with Crippen LogP contribution < -0.4 is 15.4 Å². The number of benzene rings is 2. The standard InChI is InChI=1S/C15H15ClN2O2.C11H22N2O/c1-18(2)15(19)17-12-5-9-14(10-6-12)20-13-7-3-11(16)4-8-13;1-13(2)11(14)12-10-8-6-4-3-5-7-9-10/h3-10H,1-2H3,(H,17,19);10H,3-9H2,1-2H3,(H,12,14). The van der Waals surface area contributed by atoms with Crippen LogP contribution in [0.1, 0.15) is 44.9 Å². The Bertz CT molecular complexity index is 878. The third-order valence-corrected chi connectivity index (χ3v) is 5.65. The first kappa shape index (κ1) is 27.3. The van der Waals surface area contributed by atoms with Crippen LogP contribution in [0.4, 0.5) is 15.3 Å².